The fraction of sp³-hybridized carbons (Fsp3) is 0.833. The third-order valence-electron chi connectivity index (χ3n) is 4.24. The number of hydrogen-bond donors (Lipinski definition) is 1. The zero-order valence-electron chi connectivity index (χ0n) is 11.0. The van der Waals surface area contributed by atoms with Crippen LogP contribution in [0, 0.1) is 5.92 Å². The van der Waals surface area contributed by atoms with E-state index in [1.807, 2.05) is 0 Å². The van der Waals surface area contributed by atoms with Gasteiger partial charge in [0.1, 0.15) is 5.54 Å². The highest BCUT2D eigenvalue weighted by molar-refractivity contribution is 7.86. The number of carbonyl (C=O) groups excluding carboxylic acids is 1. The van der Waals surface area contributed by atoms with Gasteiger partial charge < -0.3 is 10.0 Å². The minimum atomic E-state index is -4.65. The molecule has 2 fully saturated rings. The second-order valence-electron chi connectivity index (χ2n) is 5.68. The molecule has 1 N–H and O–H groups in total. The van der Waals surface area contributed by atoms with Crippen LogP contribution in [-0.2, 0) is 19.8 Å². The summed E-state index contributed by atoms with van der Waals surface area (Å²) in [7, 11) is -4.65. The van der Waals surface area contributed by atoms with Gasteiger partial charge >= 0.3 is 16.2 Å². The van der Waals surface area contributed by atoms with Crippen LogP contribution in [0.5, 0.6) is 0 Å². The van der Waals surface area contributed by atoms with Gasteiger partial charge in [0.25, 0.3) is 0 Å². The number of aliphatic carboxylic acids is 1. The van der Waals surface area contributed by atoms with Gasteiger partial charge in [0.2, 0.25) is 5.91 Å². The molecule has 0 spiro atoms. The van der Waals surface area contributed by atoms with E-state index in [1.54, 1.807) is 0 Å². The molecule has 1 unspecified atom stereocenters. The molecule has 0 aromatic heterocycles. The Labute approximate surface area is 117 Å². The van der Waals surface area contributed by atoms with Crippen molar-refractivity contribution in [1.29, 1.82) is 0 Å². The van der Waals surface area contributed by atoms with Gasteiger partial charge in [-0.1, -0.05) is 19.3 Å². The highest BCUT2D eigenvalue weighted by atomic mass is 32.3. The Morgan fingerprint density at radius 1 is 1.35 bits per heavy atom. The zero-order valence-corrected chi connectivity index (χ0v) is 11.9. The summed E-state index contributed by atoms with van der Waals surface area (Å²) < 4.78 is 34.1. The van der Waals surface area contributed by atoms with E-state index in [4.69, 9.17) is 0 Å². The molecule has 0 radical (unpaired) electrons. The lowest BCUT2D eigenvalue weighted by molar-refractivity contribution is -0.159. The molecule has 1 saturated heterocycles. The molecule has 0 bridgehead atoms. The summed E-state index contributed by atoms with van der Waals surface area (Å²) in [4.78, 5) is 24.9. The number of carboxylic acids is 1. The summed E-state index contributed by atoms with van der Waals surface area (Å²) in [5, 5.41) is 9.50. The Hall–Kier alpha value is -1.18. The second-order valence-corrected chi connectivity index (χ2v) is 7.09. The summed E-state index contributed by atoms with van der Waals surface area (Å²) >= 11 is 0. The lowest BCUT2D eigenvalue weighted by Crippen LogP contribution is -2.56. The van der Waals surface area contributed by atoms with E-state index in [0.29, 0.717) is 12.8 Å². The normalized spacial score (nSPS) is 26.8. The van der Waals surface area contributed by atoms with Gasteiger partial charge in [0.15, 0.2) is 0 Å². The predicted molar refractivity (Wildman–Crippen MR) is 68.2 cm³/mol. The van der Waals surface area contributed by atoms with Crippen LogP contribution in [0.25, 0.3) is 0 Å². The van der Waals surface area contributed by atoms with Crippen molar-refractivity contribution in [2.45, 2.75) is 44.1 Å². The van der Waals surface area contributed by atoms with Crippen molar-refractivity contribution in [2.75, 3.05) is 12.3 Å². The van der Waals surface area contributed by atoms with Gasteiger partial charge in [-0.2, -0.15) is 8.42 Å². The number of carboxylic acid groups (broad SMARTS) is 1. The minimum absolute atomic E-state index is 0.00822. The molecule has 2 aliphatic rings. The minimum Gasteiger partial charge on any atom is -0.479 e. The first-order valence-corrected chi connectivity index (χ1v) is 8.26. The average molecular weight is 307 g/mol. The number of halogens is 1. The number of hydrogen-bond acceptors (Lipinski definition) is 4. The highest BCUT2D eigenvalue weighted by Crippen LogP contribution is 2.38. The summed E-state index contributed by atoms with van der Waals surface area (Å²) in [6.07, 6.45) is 3.04. The SMILES string of the molecule is O=C1CC(CS(=O)(=O)F)CN1C1(C(=O)O)CCCCC1. The molecule has 1 saturated carbocycles. The monoisotopic (exact) mass is 307 g/mol. The lowest BCUT2D eigenvalue weighted by atomic mass is 9.80. The van der Waals surface area contributed by atoms with E-state index in [-0.39, 0.29) is 18.9 Å². The van der Waals surface area contributed by atoms with Gasteiger partial charge in [-0.3, -0.25) is 4.79 Å². The standard InChI is InChI=1S/C12H18FNO5S/c13-20(18,19)8-9-6-10(15)14(7-9)12(11(16)17)4-2-1-3-5-12/h9H,1-8H2,(H,16,17). The number of carbonyl (C=O) groups is 2. The largest absolute Gasteiger partial charge is 0.479 e. The first-order valence-electron chi connectivity index (χ1n) is 6.71. The van der Waals surface area contributed by atoms with E-state index in [9.17, 15) is 27.0 Å². The predicted octanol–water partition coefficient (Wildman–Crippen LogP) is 0.922. The maximum atomic E-state index is 12.7. The lowest BCUT2D eigenvalue weighted by Gasteiger charge is -2.41. The van der Waals surface area contributed by atoms with Gasteiger partial charge in [0.05, 0.1) is 5.75 Å². The third-order valence-corrected chi connectivity index (χ3v) is 5.10. The number of likely N-dealkylation sites (tertiary alicyclic amines) is 1. The van der Waals surface area contributed by atoms with Crippen molar-refractivity contribution in [1.82, 2.24) is 4.90 Å². The quantitative estimate of drug-likeness (QED) is 0.780. The van der Waals surface area contributed by atoms with Crippen molar-refractivity contribution >= 4 is 22.1 Å². The molecule has 1 aliphatic heterocycles. The molecular weight excluding hydrogens is 289 g/mol. The molecule has 6 nitrogen and oxygen atoms in total. The Bertz CT molecular complexity index is 512. The van der Waals surface area contributed by atoms with E-state index in [0.717, 1.165) is 19.3 Å². The molecule has 1 aliphatic carbocycles. The molecule has 1 atom stereocenters. The second kappa shape index (κ2) is 5.31. The Morgan fingerprint density at radius 2 is 1.95 bits per heavy atom. The molecule has 114 valence electrons. The molecule has 0 aromatic rings. The molecule has 2 rings (SSSR count). The van der Waals surface area contributed by atoms with Crippen molar-refractivity contribution in [3.05, 3.63) is 0 Å². The van der Waals surface area contributed by atoms with Crippen LogP contribution in [-0.4, -0.2) is 48.1 Å². The number of nitrogens with zero attached hydrogens (tertiary/aromatic N) is 1. The van der Waals surface area contributed by atoms with Crippen LogP contribution in [0.3, 0.4) is 0 Å². The molecule has 20 heavy (non-hydrogen) atoms. The summed E-state index contributed by atoms with van der Waals surface area (Å²) in [5.41, 5.74) is -1.23. The highest BCUT2D eigenvalue weighted by Gasteiger charge is 2.50. The van der Waals surface area contributed by atoms with Crippen molar-refractivity contribution < 1.29 is 27.0 Å². The smallest absolute Gasteiger partial charge is 0.329 e. The maximum absolute atomic E-state index is 12.7. The Balaban J connectivity index is 2.18. The van der Waals surface area contributed by atoms with E-state index >= 15 is 0 Å². The first kappa shape index (κ1) is 15.2. The fourth-order valence-corrected chi connectivity index (χ4v) is 4.11. The molecule has 8 heteroatoms. The van der Waals surface area contributed by atoms with Crippen LogP contribution >= 0.6 is 0 Å². The summed E-state index contributed by atoms with van der Waals surface area (Å²) in [5.74, 6) is -2.81. The fourth-order valence-electron chi connectivity index (χ4n) is 3.32. The van der Waals surface area contributed by atoms with E-state index in [2.05, 4.69) is 0 Å². The van der Waals surface area contributed by atoms with Crippen LogP contribution in [0.15, 0.2) is 0 Å². The summed E-state index contributed by atoms with van der Waals surface area (Å²) in [6.45, 7) is 0.00822. The third kappa shape index (κ3) is 2.94. The van der Waals surface area contributed by atoms with Crippen molar-refractivity contribution in [2.24, 2.45) is 5.92 Å². The summed E-state index contributed by atoms with van der Waals surface area (Å²) in [6, 6.07) is 0. The maximum Gasteiger partial charge on any atom is 0.329 e. The Kier molecular flexibility index (Phi) is 4.04. The first-order chi connectivity index (χ1) is 9.24. The van der Waals surface area contributed by atoms with E-state index in [1.165, 1.54) is 4.90 Å². The van der Waals surface area contributed by atoms with Crippen molar-refractivity contribution in [3.63, 3.8) is 0 Å². The van der Waals surface area contributed by atoms with Gasteiger partial charge in [0, 0.05) is 18.9 Å². The topological polar surface area (TPSA) is 91.8 Å². The van der Waals surface area contributed by atoms with Gasteiger partial charge in [-0.05, 0) is 12.8 Å². The molecule has 1 heterocycles. The Morgan fingerprint density at radius 3 is 2.45 bits per heavy atom. The van der Waals surface area contributed by atoms with Gasteiger partial charge in [-0.25, -0.2) is 4.79 Å². The number of amides is 1. The molecular formula is C12H18FNO5S. The van der Waals surface area contributed by atoms with E-state index < -0.39 is 33.4 Å². The number of rotatable bonds is 4. The molecule has 0 aromatic carbocycles. The van der Waals surface area contributed by atoms with Crippen molar-refractivity contribution in [3.8, 4) is 0 Å². The van der Waals surface area contributed by atoms with Crippen LogP contribution in [0.2, 0.25) is 0 Å². The zero-order chi connectivity index (χ0) is 15.0. The average Bonchev–Trinajstić information content (AvgIpc) is 2.68. The van der Waals surface area contributed by atoms with Gasteiger partial charge in [-0.15, -0.1) is 3.89 Å². The van der Waals surface area contributed by atoms with Crippen LogP contribution in [0.1, 0.15) is 38.5 Å². The van der Waals surface area contributed by atoms with Crippen LogP contribution in [0.4, 0.5) is 3.89 Å². The molecule has 1 amide bonds. The van der Waals surface area contributed by atoms with Crippen LogP contribution < -0.4 is 0 Å².